The lowest BCUT2D eigenvalue weighted by atomic mass is 10.2. The highest BCUT2D eigenvalue weighted by atomic mass is 16.5. The smallest absolute Gasteiger partial charge is 0.228 e. The zero-order chi connectivity index (χ0) is 20.7. The van der Waals surface area contributed by atoms with Crippen molar-refractivity contribution in [2.24, 2.45) is 0 Å². The largest absolute Gasteiger partial charge is 0.372 e. The van der Waals surface area contributed by atoms with E-state index in [0.717, 1.165) is 47.3 Å². The quantitative estimate of drug-likeness (QED) is 0.556. The molecule has 0 aliphatic carbocycles. The minimum absolute atomic E-state index is 0.214. The second-order valence-electron chi connectivity index (χ2n) is 7.78. The molecule has 4 heterocycles. The van der Waals surface area contributed by atoms with Crippen molar-refractivity contribution in [1.82, 2.24) is 24.5 Å². The summed E-state index contributed by atoms with van der Waals surface area (Å²) in [4.78, 5) is 20.6. The molecule has 4 aromatic rings. The Morgan fingerprint density at radius 3 is 2.60 bits per heavy atom. The normalized spacial score (nSPS) is 19.5. The van der Waals surface area contributed by atoms with Crippen LogP contribution in [0.2, 0.25) is 0 Å². The van der Waals surface area contributed by atoms with Gasteiger partial charge in [0.05, 0.1) is 41.5 Å². The lowest BCUT2D eigenvalue weighted by Crippen LogP contribution is -2.45. The fourth-order valence-corrected chi connectivity index (χ4v) is 4.10. The number of hydrogen-bond acceptors (Lipinski definition) is 7. The van der Waals surface area contributed by atoms with Gasteiger partial charge in [-0.2, -0.15) is 0 Å². The summed E-state index contributed by atoms with van der Waals surface area (Å²) in [5.74, 6) is 1.23. The molecule has 0 unspecified atom stereocenters. The number of ether oxygens (including phenoxy) is 1. The van der Waals surface area contributed by atoms with Gasteiger partial charge in [-0.15, -0.1) is 0 Å². The number of fused-ring (bicyclic) bond motifs is 3. The average Bonchev–Trinajstić information content (AvgIpc) is 3.17. The Labute approximate surface area is 174 Å². The van der Waals surface area contributed by atoms with Crippen LogP contribution in [0.5, 0.6) is 0 Å². The monoisotopic (exact) mass is 403 g/mol. The molecular weight excluding hydrogens is 378 g/mol. The van der Waals surface area contributed by atoms with Crippen LogP contribution in [0.1, 0.15) is 20.8 Å². The minimum atomic E-state index is 0.214. The SMILES string of the molecule is CCn1cnc2ccc3cnc(Nc4ccc(N5C[C@@H](C)O[C@@H](C)C5)cn4)nc3c21. The molecule has 1 aliphatic heterocycles. The summed E-state index contributed by atoms with van der Waals surface area (Å²) in [6.45, 7) is 8.88. The van der Waals surface area contributed by atoms with Gasteiger partial charge in [0.15, 0.2) is 0 Å². The van der Waals surface area contributed by atoms with E-state index >= 15 is 0 Å². The third kappa shape index (κ3) is 3.43. The van der Waals surface area contributed by atoms with Gasteiger partial charge >= 0.3 is 0 Å². The van der Waals surface area contributed by atoms with Gasteiger partial charge in [0, 0.05) is 31.2 Å². The standard InChI is InChI=1S/C22H25N7O/c1-4-28-13-25-18-7-5-16-9-24-22(27-20(16)21(18)28)26-19-8-6-17(10-23-19)29-11-14(2)30-15(3)12-29/h5-10,13-15H,4,11-12H2,1-3H3,(H,23,24,26,27)/t14-,15+. The summed E-state index contributed by atoms with van der Waals surface area (Å²) >= 11 is 0. The van der Waals surface area contributed by atoms with E-state index in [4.69, 9.17) is 9.72 Å². The van der Waals surface area contributed by atoms with Crippen LogP contribution in [0.15, 0.2) is 43.0 Å². The molecular formula is C22H25N7O. The Kier molecular flexibility index (Phi) is 4.71. The molecule has 0 saturated carbocycles. The molecule has 2 atom stereocenters. The number of rotatable bonds is 4. The fraction of sp³-hybridized carbons (Fsp3) is 0.364. The predicted octanol–water partition coefficient (Wildman–Crippen LogP) is 3.75. The molecule has 1 N–H and O–H groups in total. The van der Waals surface area contributed by atoms with Gasteiger partial charge in [0.1, 0.15) is 11.3 Å². The highest BCUT2D eigenvalue weighted by Gasteiger charge is 2.22. The molecule has 1 aromatic carbocycles. The molecule has 0 spiro atoms. The van der Waals surface area contributed by atoms with Gasteiger partial charge < -0.3 is 19.5 Å². The summed E-state index contributed by atoms with van der Waals surface area (Å²) < 4.78 is 7.92. The van der Waals surface area contributed by atoms with E-state index in [0.29, 0.717) is 11.8 Å². The van der Waals surface area contributed by atoms with Crippen molar-refractivity contribution in [2.45, 2.75) is 39.5 Å². The molecule has 0 amide bonds. The van der Waals surface area contributed by atoms with E-state index in [9.17, 15) is 0 Å². The van der Waals surface area contributed by atoms with E-state index in [-0.39, 0.29) is 12.2 Å². The molecule has 3 aromatic heterocycles. The highest BCUT2D eigenvalue weighted by molar-refractivity contribution is 6.01. The number of nitrogens with zero attached hydrogens (tertiary/aromatic N) is 6. The topological polar surface area (TPSA) is 81.0 Å². The first kappa shape index (κ1) is 18.7. The van der Waals surface area contributed by atoms with E-state index in [1.54, 1.807) is 0 Å². The maximum atomic E-state index is 5.82. The number of aryl methyl sites for hydroxylation is 1. The summed E-state index contributed by atoms with van der Waals surface area (Å²) in [5.41, 5.74) is 3.94. The molecule has 0 bridgehead atoms. The highest BCUT2D eigenvalue weighted by Crippen LogP contribution is 2.25. The minimum Gasteiger partial charge on any atom is -0.372 e. The van der Waals surface area contributed by atoms with Crippen molar-refractivity contribution >= 4 is 39.4 Å². The Bertz CT molecular complexity index is 1180. The van der Waals surface area contributed by atoms with E-state index in [1.165, 1.54) is 0 Å². The van der Waals surface area contributed by atoms with Crippen LogP contribution in [-0.4, -0.2) is 49.8 Å². The lowest BCUT2D eigenvalue weighted by molar-refractivity contribution is -0.00523. The molecule has 154 valence electrons. The molecule has 1 aliphatic rings. The van der Waals surface area contributed by atoms with Crippen LogP contribution >= 0.6 is 0 Å². The second kappa shape index (κ2) is 7.53. The summed E-state index contributed by atoms with van der Waals surface area (Å²) in [5, 5.41) is 4.22. The predicted molar refractivity (Wildman–Crippen MR) is 118 cm³/mol. The number of aromatic nitrogens is 5. The number of hydrogen-bond donors (Lipinski definition) is 1. The van der Waals surface area contributed by atoms with Crippen LogP contribution in [-0.2, 0) is 11.3 Å². The lowest BCUT2D eigenvalue weighted by Gasteiger charge is -2.36. The number of morpholine rings is 1. The first-order valence-electron chi connectivity index (χ1n) is 10.3. The number of benzene rings is 1. The number of pyridine rings is 1. The molecule has 0 radical (unpaired) electrons. The van der Waals surface area contributed by atoms with Crippen LogP contribution in [0.4, 0.5) is 17.5 Å². The molecule has 8 heteroatoms. The Morgan fingerprint density at radius 2 is 1.87 bits per heavy atom. The van der Waals surface area contributed by atoms with Crippen molar-refractivity contribution in [3.8, 4) is 0 Å². The van der Waals surface area contributed by atoms with Crippen molar-refractivity contribution in [1.29, 1.82) is 0 Å². The molecule has 1 saturated heterocycles. The molecule has 5 rings (SSSR count). The van der Waals surface area contributed by atoms with Crippen LogP contribution in [0.25, 0.3) is 21.9 Å². The molecule has 30 heavy (non-hydrogen) atoms. The van der Waals surface area contributed by atoms with Gasteiger partial charge in [0.2, 0.25) is 5.95 Å². The third-order valence-electron chi connectivity index (χ3n) is 5.44. The molecule has 8 nitrogen and oxygen atoms in total. The van der Waals surface area contributed by atoms with Gasteiger partial charge in [-0.3, -0.25) is 0 Å². The van der Waals surface area contributed by atoms with Crippen LogP contribution < -0.4 is 10.2 Å². The number of imidazole rings is 1. The van der Waals surface area contributed by atoms with E-state index in [1.807, 2.05) is 36.9 Å². The van der Waals surface area contributed by atoms with E-state index < -0.39 is 0 Å². The summed E-state index contributed by atoms with van der Waals surface area (Å²) in [6, 6.07) is 8.05. The van der Waals surface area contributed by atoms with Crippen LogP contribution in [0.3, 0.4) is 0 Å². The van der Waals surface area contributed by atoms with Crippen molar-refractivity contribution < 1.29 is 4.74 Å². The maximum absolute atomic E-state index is 5.82. The number of nitrogens with one attached hydrogen (secondary N) is 1. The van der Waals surface area contributed by atoms with Gasteiger partial charge in [0.25, 0.3) is 0 Å². The van der Waals surface area contributed by atoms with Crippen LogP contribution in [0, 0.1) is 0 Å². The zero-order valence-corrected chi connectivity index (χ0v) is 17.4. The first-order chi connectivity index (χ1) is 14.6. The average molecular weight is 403 g/mol. The summed E-state index contributed by atoms with van der Waals surface area (Å²) in [6.07, 6.45) is 6.00. The Hall–Kier alpha value is -3.26. The zero-order valence-electron chi connectivity index (χ0n) is 17.4. The van der Waals surface area contributed by atoms with Crippen molar-refractivity contribution in [2.75, 3.05) is 23.3 Å². The van der Waals surface area contributed by atoms with Gasteiger partial charge in [-0.25, -0.2) is 19.9 Å². The number of anilines is 3. The maximum Gasteiger partial charge on any atom is 0.228 e. The fourth-order valence-electron chi connectivity index (χ4n) is 4.10. The van der Waals surface area contributed by atoms with Gasteiger partial charge in [-0.1, -0.05) is 0 Å². The third-order valence-corrected chi connectivity index (χ3v) is 5.44. The Morgan fingerprint density at radius 1 is 1.03 bits per heavy atom. The van der Waals surface area contributed by atoms with Crippen molar-refractivity contribution in [3.63, 3.8) is 0 Å². The van der Waals surface area contributed by atoms with Gasteiger partial charge in [-0.05, 0) is 45.0 Å². The first-order valence-corrected chi connectivity index (χ1v) is 10.3. The molecule has 1 fully saturated rings. The van der Waals surface area contributed by atoms with Crippen molar-refractivity contribution in [3.05, 3.63) is 43.0 Å². The Balaban J connectivity index is 1.41. The summed E-state index contributed by atoms with van der Waals surface area (Å²) in [7, 11) is 0. The second-order valence-corrected chi connectivity index (χ2v) is 7.78. The van der Waals surface area contributed by atoms with E-state index in [2.05, 4.69) is 56.6 Å².